The van der Waals surface area contributed by atoms with E-state index in [9.17, 15) is 14.7 Å². The molecule has 7 heteroatoms. The van der Waals surface area contributed by atoms with Gasteiger partial charge in [-0.2, -0.15) is 4.90 Å². The standard InChI is InChI=1S/C16H18N2O5/c1-2-22-16(21)18-10-17(7-8-19)9-12-14(20)11-5-3-4-6-13(11)23-15(12)18/h3-6,19H,2,7-10H2,1H3/p+1. The number of hydrogen-bond donors (Lipinski definition) is 2. The lowest BCUT2D eigenvalue weighted by atomic mass is 10.1. The Labute approximate surface area is 132 Å². The second-order valence-electron chi connectivity index (χ2n) is 5.40. The Morgan fingerprint density at radius 1 is 1.43 bits per heavy atom. The van der Waals surface area contributed by atoms with Crippen LogP contribution in [0.1, 0.15) is 12.5 Å². The van der Waals surface area contributed by atoms with Crippen molar-refractivity contribution in [1.29, 1.82) is 0 Å². The summed E-state index contributed by atoms with van der Waals surface area (Å²) < 4.78 is 10.9. The van der Waals surface area contributed by atoms with Gasteiger partial charge in [-0.15, -0.1) is 0 Å². The molecule has 1 amide bonds. The first-order chi connectivity index (χ1) is 11.2. The molecule has 7 nitrogen and oxygen atoms in total. The number of aliphatic hydroxyl groups is 1. The molecule has 3 rings (SSSR count). The SMILES string of the molecule is CCOC(=O)N1C[NH+](CCO)Cc2c1oc1ccccc1c2=O. The summed E-state index contributed by atoms with van der Waals surface area (Å²) in [6, 6.07) is 6.96. The number of ether oxygens (including phenoxy) is 1. The van der Waals surface area contributed by atoms with E-state index in [4.69, 9.17) is 9.15 Å². The summed E-state index contributed by atoms with van der Waals surface area (Å²) in [5.74, 6) is 0.244. The molecule has 0 fully saturated rings. The topological polar surface area (TPSA) is 84.4 Å². The normalized spacial score (nSPS) is 17.1. The van der Waals surface area contributed by atoms with Gasteiger partial charge in [0.2, 0.25) is 11.3 Å². The van der Waals surface area contributed by atoms with Crippen LogP contribution in [0, 0.1) is 0 Å². The number of para-hydroxylation sites is 1. The van der Waals surface area contributed by atoms with E-state index in [0.29, 0.717) is 29.6 Å². The third-order valence-electron chi connectivity index (χ3n) is 3.88. The van der Waals surface area contributed by atoms with E-state index >= 15 is 0 Å². The Morgan fingerprint density at radius 2 is 2.22 bits per heavy atom. The average molecular weight is 319 g/mol. The molecule has 122 valence electrons. The van der Waals surface area contributed by atoms with Gasteiger partial charge in [0.05, 0.1) is 18.6 Å². The number of nitrogens with zero attached hydrogens (tertiary/aromatic N) is 1. The minimum atomic E-state index is -0.553. The number of aliphatic hydroxyl groups excluding tert-OH is 1. The van der Waals surface area contributed by atoms with Crippen LogP contribution >= 0.6 is 0 Å². The molecular weight excluding hydrogens is 300 g/mol. The van der Waals surface area contributed by atoms with Crippen LogP contribution in [0.15, 0.2) is 33.5 Å². The summed E-state index contributed by atoms with van der Waals surface area (Å²) in [6.45, 7) is 3.05. The van der Waals surface area contributed by atoms with Gasteiger partial charge in [0, 0.05) is 0 Å². The third kappa shape index (κ3) is 2.80. The molecule has 23 heavy (non-hydrogen) atoms. The predicted molar refractivity (Wildman–Crippen MR) is 83.5 cm³/mol. The highest BCUT2D eigenvalue weighted by atomic mass is 16.6. The fraction of sp³-hybridized carbons (Fsp3) is 0.375. The number of rotatable bonds is 3. The molecule has 1 aromatic carbocycles. The first kappa shape index (κ1) is 15.5. The Bertz CT molecular complexity index is 786. The van der Waals surface area contributed by atoms with Crippen LogP contribution in [-0.4, -0.2) is 37.6 Å². The molecule has 1 unspecified atom stereocenters. The summed E-state index contributed by atoms with van der Waals surface area (Å²) in [7, 11) is 0. The number of amides is 1. The number of benzene rings is 1. The summed E-state index contributed by atoms with van der Waals surface area (Å²) in [5, 5.41) is 9.67. The van der Waals surface area contributed by atoms with Crippen molar-refractivity contribution < 1.29 is 24.0 Å². The van der Waals surface area contributed by atoms with Crippen LogP contribution in [0.2, 0.25) is 0 Å². The van der Waals surface area contributed by atoms with Crippen molar-refractivity contribution in [2.24, 2.45) is 0 Å². The van der Waals surface area contributed by atoms with Gasteiger partial charge >= 0.3 is 6.09 Å². The Kier molecular flexibility index (Phi) is 4.31. The second-order valence-corrected chi connectivity index (χ2v) is 5.40. The van der Waals surface area contributed by atoms with E-state index in [1.54, 1.807) is 31.2 Å². The lowest BCUT2D eigenvalue weighted by Gasteiger charge is -2.31. The van der Waals surface area contributed by atoms with Crippen molar-refractivity contribution in [2.75, 3.05) is 31.3 Å². The van der Waals surface area contributed by atoms with Crippen LogP contribution in [0.4, 0.5) is 10.7 Å². The molecule has 0 bridgehead atoms. The van der Waals surface area contributed by atoms with Crippen molar-refractivity contribution in [3.05, 3.63) is 40.1 Å². The number of fused-ring (bicyclic) bond motifs is 2. The van der Waals surface area contributed by atoms with Crippen LogP contribution in [0.5, 0.6) is 0 Å². The summed E-state index contributed by atoms with van der Waals surface area (Å²) >= 11 is 0. The predicted octanol–water partition coefficient (Wildman–Crippen LogP) is 0.104. The van der Waals surface area contributed by atoms with E-state index in [1.165, 1.54) is 4.90 Å². The van der Waals surface area contributed by atoms with Gasteiger partial charge in [-0.1, -0.05) is 12.1 Å². The van der Waals surface area contributed by atoms with E-state index in [1.807, 2.05) is 0 Å². The Hall–Kier alpha value is -2.38. The highest BCUT2D eigenvalue weighted by molar-refractivity contribution is 5.89. The number of nitrogens with one attached hydrogen (secondary N) is 1. The zero-order valence-corrected chi connectivity index (χ0v) is 12.9. The summed E-state index contributed by atoms with van der Waals surface area (Å²) in [6.07, 6.45) is -0.553. The fourth-order valence-corrected chi connectivity index (χ4v) is 2.82. The molecule has 1 aliphatic rings. The minimum Gasteiger partial charge on any atom is -0.449 e. The quantitative estimate of drug-likeness (QED) is 0.838. The van der Waals surface area contributed by atoms with Gasteiger partial charge in [0.25, 0.3) is 0 Å². The Balaban J connectivity index is 2.14. The van der Waals surface area contributed by atoms with Crippen LogP contribution in [0.25, 0.3) is 11.0 Å². The maximum absolute atomic E-state index is 12.7. The molecule has 2 aromatic rings. The van der Waals surface area contributed by atoms with Crippen molar-refractivity contribution in [3.8, 4) is 0 Å². The van der Waals surface area contributed by atoms with Gasteiger partial charge in [-0.25, -0.2) is 4.79 Å². The first-order valence-corrected chi connectivity index (χ1v) is 7.59. The molecule has 1 aliphatic heterocycles. The van der Waals surface area contributed by atoms with Gasteiger partial charge in [-0.3, -0.25) is 4.79 Å². The highest BCUT2D eigenvalue weighted by Crippen LogP contribution is 2.25. The van der Waals surface area contributed by atoms with E-state index in [-0.39, 0.29) is 31.2 Å². The molecule has 0 saturated heterocycles. The fourth-order valence-electron chi connectivity index (χ4n) is 2.82. The van der Waals surface area contributed by atoms with E-state index in [0.717, 1.165) is 4.90 Å². The molecule has 2 heterocycles. The van der Waals surface area contributed by atoms with Gasteiger partial charge < -0.3 is 19.2 Å². The molecule has 2 N–H and O–H groups in total. The number of anilines is 1. The van der Waals surface area contributed by atoms with Crippen LogP contribution < -0.4 is 15.2 Å². The average Bonchev–Trinajstić information content (AvgIpc) is 2.56. The molecule has 0 saturated carbocycles. The zero-order chi connectivity index (χ0) is 16.4. The molecule has 1 aromatic heterocycles. The maximum Gasteiger partial charge on any atom is 0.421 e. The van der Waals surface area contributed by atoms with Crippen molar-refractivity contribution in [2.45, 2.75) is 13.5 Å². The van der Waals surface area contributed by atoms with E-state index < -0.39 is 6.09 Å². The largest absolute Gasteiger partial charge is 0.449 e. The zero-order valence-electron chi connectivity index (χ0n) is 12.9. The molecule has 0 radical (unpaired) electrons. The number of carbonyl (C=O) groups excluding carboxylic acids is 1. The van der Waals surface area contributed by atoms with Gasteiger partial charge in [-0.05, 0) is 19.1 Å². The lowest BCUT2D eigenvalue weighted by molar-refractivity contribution is -0.915. The van der Waals surface area contributed by atoms with Crippen LogP contribution in [-0.2, 0) is 11.3 Å². The first-order valence-electron chi connectivity index (χ1n) is 7.59. The third-order valence-corrected chi connectivity index (χ3v) is 3.88. The minimum absolute atomic E-state index is 0.0275. The number of quaternary nitrogens is 1. The number of carbonyl (C=O) groups is 1. The van der Waals surface area contributed by atoms with Crippen molar-refractivity contribution in [3.63, 3.8) is 0 Å². The van der Waals surface area contributed by atoms with Gasteiger partial charge in [0.1, 0.15) is 24.2 Å². The smallest absolute Gasteiger partial charge is 0.421 e. The number of hydrogen-bond acceptors (Lipinski definition) is 5. The summed E-state index contributed by atoms with van der Waals surface area (Å²) in [4.78, 5) is 27.2. The molecule has 0 aliphatic carbocycles. The highest BCUT2D eigenvalue weighted by Gasteiger charge is 2.35. The van der Waals surface area contributed by atoms with Gasteiger partial charge in [0.15, 0.2) is 6.67 Å². The second kappa shape index (κ2) is 6.39. The Morgan fingerprint density at radius 3 is 2.96 bits per heavy atom. The molecular formula is C16H19N2O5+. The monoisotopic (exact) mass is 319 g/mol. The van der Waals surface area contributed by atoms with Crippen molar-refractivity contribution in [1.82, 2.24) is 0 Å². The van der Waals surface area contributed by atoms with E-state index in [2.05, 4.69) is 0 Å². The molecule has 0 spiro atoms. The maximum atomic E-state index is 12.7. The molecule has 1 atom stereocenters. The lowest BCUT2D eigenvalue weighted by Crippen LogP contribution is -3.14. The van der Waals surface area contributed by atoms with Crippen LogP contribution in [0.3, 0.4) is 0 Å². The summed E-state index contributed by atoms with van der Waals surface area (Å²) in [5.41, 5.74) is 0.730. The van der Waals surface area contributed by atoms with Crippen molar-refractivity contribution >= 4 is 22.9 Å².